The standard InChI is InChI=1S/C14H18FNO/c1-17-14(12-4-2-3-5-13(12)15)8-10-6-7-11(9-14)16-10/h2-5,10-11,16H,6-9H2,1H3. The molecular formula is C14H18FNO. The second-order valence-corrected chi connectivity index (χ2v) is 5.22. The molecule has 2 aliphatic rings. The molecule has 2 heterocycles. The van der Waals surface area contributed by atoms with E-state index in [1.165, 1.54) is 18.9 Å². The minimum atomic E-state index is -0.428. The summed E-state index contributed by atoms with van der Waals surface area (Å²) in [7, 11) is 1.71. The SMILES string of the molecule is COC1(c2ccccc2F)CC2CCC(C1)N2. The fourth-order valence-electron chi connectivity index (χ4n) is 3.43. The fourth-order valence-corrected chi connectivity index (χ4v) is 3.43. The first-order valence-electron chi connectivity index (χ1n) is 6.30. The molecule has 0 saturated carbocycles. The van der Waals surface area contributed by atoms with Crippen LogP contribution < -0.4 is 5.32 Å². The number of piperidine rings is 1. The highest BCUT2D eigenvalue weighted by Gasteiger charge is 2.46. The van der Waals surface area contributed by atoms with E-state index in [1.807, 2.05) is 12.1 Å². The van der Waals surface area contributed by atoms with Crippen molar-refractivity contribution in [3.05, 3.63) is 35.6 Å². The summed E-state index contributed by atoms with van der Waals surface area (Å²) in [5.41, 5.74) is 0.295. The predicted molar refractivity (Wildman–Crippen MR) is 64.3 cm³/mol. The number of nitrogens with one attached hydrogen (secondary N) is 1. The van der Waals surface area contributed by atoms with Crippen LogP contribution in [0.15, 0.2) is 24.3 Å². The third-order valence-electron chi connectivity index (χ3n) is 4.24. The molecule has 2 atom stereocenters. The van der Waals surface area contributed by atoms with Crippen LogP contribution in [0.4, 0.5) is 4.39 Å². The van der Waals surface area contributed by atoms with Crippen molar-refractivity contribution in [3.63, 3.8) is 0 Å². The maximum Gasteiger partial charge on any atom is 0.129 e. The van der Waals surface area contributed by atoms with Crippen LogP contribution in [0.3, 0.4) is 0 Å². The molecule has 1 aromatic carbocycles. The number of halogens is 1. The fraction of sp³-hybridized carbons (Fsp3) is 0.571. The van der Waals surface area contributed by atoms with Crippen molar-refractivity contribution in [2.45, 2.75) is 43.4 Å². The van der Waals surface area contributed by atoms with Crippen molar-refractivity contribution in [3.8, 4) is 0 Å². The van der Waals surface area contributed by atoms with Gasteiger partial charge in [0, 0.05) is 24.8 Å². The third-order valence-corrected chi connectivity index (χ3v) is 4.24. The summed E-state index contributed by atoms with van der Waals surface area (Å²) >= 11 is 0. The summed E-state index contributed by atoms with van der Waals surface area (Å²) in [5.74, 6) is -0.143. The lowest BCUT2D eigenvalue weighted by Gasteiger charge is -2.40. The number of benzene rings is 1. The molecule has 0 aliphatic carbocycles. The Morgan fingerprint density at radius 1 is 1.24 bits per heavy atom. The second-order valence-electron chi connectivity index (χ2n) is 5.22. The predicted octanol–water partition coefficient (Wildman–Crippen LogP) is 2.58. The van der Waals surface area contributed by atoms with Crippen molar-refractivity contribution in [2.24, 2.45) is 0 Å². The van der Waals surface area contributed by atoms with Gasteiger partial charge in [-0.1, -0.05) is 18.2 Å². The van der Waals surface area contributed by atoms with E-state index in [0.717, 1.165) is 18.4 Å². The molecule has 3 heteroatoms. The van der Waals surface area contributed by atoms with E-state index >= 15 is 0 Å². The first-order valence-corrected chi connectivity index (χ1v) is 6.30. The van der Waals surface area contributed by atoms with Gasteiger partial charge in [0.05, 0.1) is 5.60 Å². The Hall–Kier alpha value is -0.930. The minimum absolute atomic E-state index is 0.143. The number of hydrogen-bond donors (Lipinski definition) is 1. The van der Waals surface area contributed by atoms with Gasteiger partial charge >= 0.3 is 0 Å². The van der Waals surface area contributed by atoms with Crippen LogP contribution in [-0.4, -0.2) is 19.2 Å². The van der Waals surface area contributed by atoms with E-state index in [4.69, 9.17) is 4.74 Å². The third kappa shape index (κ3) is 1.78. The summed E-state index contributed by atoms with van der Waals surface area (Å²) in [6, 6.07) is 7.98. The van der Waals surface area contributed by atoms with Gasteiger partial charge in [0.2, 0.25) is 0 Å². The summed E-state index contributed by atoms with van der Waals surface area (Å²) in [6.45, 7) is 0. The molecule has 17 heavy (non-hydrogen) atoms. The van der Waals surface area contributed by atoms with Crippen LogP contribution in [-0.2, 0) is 10.3 Å². The van der Waals surface area contributed by atoms with Gasteiger partial charge in [0.15, 0.2) is 0 Å². The molecule has 3 rings (SSSR count). The highest BCUT2D eigenvalue weighted by molar-refractivity contribution is 5.27. The van der Waals surface area contributed by atoms with E-state index in [2.05, 4.69) is 5.32 Å². The molecule has 0 radical (unpaired) electrons. The number of methoxy groups -OCH3 is 1. The van der Waals surface area contributed by atoms with Gasteiger partial charge < -0.3 is 10.1 Å². The molecule has 0 aromatic heterocycles. The van der Waals surface area contributed by atoms with Gasteiger partial charge in [-0.3, -0.25) is 0 Å². The molecule has 2 aliphatic heterocycles. The van der Waals surface area contributed by atoms with Crippen LogP contribution in [0.25, 0.3) is 0 Å². The Labute approximate surface area is 101 Å². The van der Waals surface area contributed by atoms with Crippen molar-refractivity contribution < 1.29 is 9.13 Å². The minimum Gasteiger partial charge on any atom is -0.373 e. The molecule has 2 saturated heterocycles. The molecule has 92 valence electrons. The van der Waals surface area contributed by atoms with Crippen molar-refractivity contribution in [2.75, 3.05) is 7.11 Å². The van der Waals surface area contributed by atoms with Crippen LogP contribution in [0, 0.1) is 5.82 Å². The molecule has 0 spiro atoms. The first kappa shape index (κ1) is 11.2. The van der Waals surface area contributed by atoms with Crippen LogP contribution in [0.5, 0.6) is 0 Å². The van der Waals surface area contributed by atoms with E-state index in [9.17, 15) is 4.39 Å². The summed E-state index contributed by atoms with van der Waals surface area (Å²) in [5, 5.41) is 3.57. The Morgan fingerprint density at radius 3 is 2.47 bits per heavy atom. The average molecular weight is 235 g/mol. The van der Waals surface area contributed by atoms with Gasteiger partial charge in [-0.25, -0.2) is 4.39 Å². The van der Waals surface area contributed by atoms with E-state index in [1.54, 1.807) is 13.2 Å². The largest absolute Gasteiger partial charge is 0.373 e. The number of hydrogen-bond acceptors (Lipinski definition) is 2. The molecule has 2 fully saturated rings. The number of rotatable bonds is 2. The van der Waals surface area contributed by atoms with Gasteiger partial charge in [-0.2, -0.15) is 0 Å². The Bertz CT molecular complexity index is 408. The quantitative estimate of drug-likeness (QED) is 0.850. The Balaban J connectivity index is 2.00. The van der Waals surface area contributed by atoms with Crippen molar-refractivity contribution in [1.29, 1.82) is 0 Å². The normalized spacial score (nSPS) is 36.1. The van der Waals surface area contributed by atoms with Crippen LogP contribution >= 0.6 is 0 Å². The van der Waals surface area contributed by atoms with E-state index < -0.39 is 5.60 Å². The van der Waals surface area contributed by atoms with Crippen molar-refractivity contribution in [1.82, 2.24) is 5.32 Å². The highest BCUT2D eigenvalue weighted by atomic mass is 19.1. The monoisotopic (exact) mass is 235 g/mol. The smallest absolute Gasteiger partial charge is 0.129 e. The van der Waals surface area contributed by atoms with Gasteiger partial charge in [-0.15, -0.1) is 0 Å². The summed E-state index contributed by atoms with van der Waals surface area (Å²) < 4.78 is 19.7. The van der Waals surface area contributed by atoms with Gasteiger partial charge in [0.25, 0.3) is 0 Å². The zero-order chi connectivity index (χ0) is 11.9. The lowest BCUT2D eigenvalue weighted by Crippen LogP contribution is -2.48. The molecule has 2 nitrogen and oxygen atoms in total. The number of ether oxygens (including phenoxy) is 1. The molecule has 1 N–H and O–H groups in total. The zero-order valence-electron chi connectivity index (χ0n) is 10.1. The molecule has 1 aromatic rings. The van der Waals surface area contributed by atoms with Crippen LogP contribution in [0.2, 0.25) is 0 Å². The zero-order valence-corrected chi connectivity index (χ0v) is 10.1. The maximum absolute atomic E-state index is 14.0. The Morgan fingerprint density at radius 2 is 1.88 bits per heavy atom. The summed E-state index contributed by atoms with van der Waals surface area (Å²) in [6.07, 6.45) is 4.12. The molecule has 2 bridgehead atoms. The lowest BCUT2D eigenvalue weighted by atomic mass is 9.81. The first-order chi connectivity index (χ1) is 8.23. The van der Waals surface area contributed by atoms with Gasteiger partial charge in [-0.05, 0) is 31.7 Å². The molecule has 0 amide bonds. The van der Waals surface area contributed by atoms with Crippen LogP contribution in [0.1, 0.15) is 31.2 Å². The molecule has 2 unspecified atom stereocenters. The average Bonchev–Trinajstić information content (AvgIpc) is 2.69. The maximum atomic E-state index is 14.0. The van der Waals surface area contributed by atoms with E-state index in [-0.39, 0.29) is 5.82 Å². The highest BCUT2D eigenvalue weighted by Crippen LogP contribution is 2.43. The second kappa shape index (κ2) is 4.07. The molecular weight excluding hydrogens is 217 g/mol. The summed E-state index contributed by atoms with van der Waals surface area (Å²) in [4.78, 5) is 0. The van der Waals surface area contributed by atoms with Gasteiger partial charge in [0.1, 0.15) is 5.82 Å². The van der Waals surface area contributed by atoms with Crippen molar-refractivity contribution >= 4 is 0 Å². The van der Waals surface area contributed by atoms with E-state index in [0.29, 0.717) is 12.1 Å². The lowest BCUT2D eigenvalue weighted by molar-refractivity contribution is -0.0551. The topological polar surface area (TPSA) is 21.3 Å². The Kier molecular flexibility index (Phi) is 2.68. The number of fused-ring (bicyclic) bond motifs is 2.